The average Bonchev–Trinajstić information content (AvgIpc) is 2.20. The predicted octanol–water partition coefficient (Wildman–Crippen LogP) is 1.82. The first-order valence-corrected chi connectivity index (χ1v) is 4.89. The largest absolute Gasteiger partial charge is 0.325 e. The van der Waals surface area contributed by atoms with Crippen molar-refractivity contribution in [1.82, 2.24) is 0 Å². The van der Waals surface area contributed by atoms with Crippen LogP contribution in [0.4, 0.5) is 11.4 Å². The van der Waals surface area contributed by atoms with Crippen LogP contribution in [-0.2, 0) is 9.59 Å². The minimum Gasteiger partial charge on any atom is -0.325 e. The Morgan fingerprint density at radius 3 is 2.20 bits per heavy atom. The molecule has 4 nitrogen and oxygen atoms in total. The molecule has 15 heavy (non-hydrogen) atoms. The Bertz CT molecular complexity index is 379. The van der Waals surface area contributed by atoms with Gasteiger partial charge in [0.15, 0.2) is 0 Å². The van der Waals surface area contributed by atoms with Gasteiger partial charge in [-0.3, -0.25) is 9.59 Å². The number of rotatable bonds is 3. The van der Waals surface area contributed by atoms with E-state index in [9.17, 15) is 9.59 Å². The summed E-state index contributed by atoms with van der Waals surface area (Å²) in [6.45, 7) is 1.40. The SMILES string of the molecule is CC(=O)Nc1ccccc1NC(=O)CCl. The van der Waals surface area contributed by atoms with Crippen molar-refractivity contribution in [2.75, 3.05) is 16.5 Å². The van der Waals surface area contributed by atoms with Gasteiger partial charge in [-0.25, -0.2) is 0 Å². The fourth-order valence-corrected chi connectivity index (χ4v) is 1.14. The van der Waals surface area contributed by atoms with E-state index in [0.29, 0.717) is 11.4 Å². The lowest BCUT2D eigenvalue weighted by atomic mass is 10.2. The normalized spacial score (nSPS) is 9.47. The molecule has 0 atom stereocenters. The van der Waals surface area contributed by atoms with Crippen molar-refractivity contribution < 1.29 is 9.59 Å². The molecule has 0 aliphatic heterocycles. The number of benzene rings is 1. The van der Waals surface area contributed by atoms with E-state index in [2.05, 4.69) is 10.6 Å². The van der Waals surface area contributed by atoms with Crippen molar-refractivity contribution in [3.63, 3.8) is 0 Å². The Balaban J connectivity index is 2.85. The molecule has 1 rings (SSSR count). The van der Waals surface area contributed by atoms with Crippen LogP contribution in [0.2, 0.25) is 0 Å². The highest BCUT2D eigenvalue weighted by molar-refractivity contribution is 6.29. The van der Waals surface area contributed by atoms with Gasteiger partial charge in [0.05, 0.1) is 11.4 Å². The number of hydrogen-bond donors (Lipinski definition) is 2. The van der Waals surface area contributed by atoms with Crippen LogP contribution in [0.15, 0.2) is 24.3 Å². The number of anilines is 2. The van der Waals surface area contributed by atoms with Crippen LogP contribution in [0.5, 0.6) is 0 Å². The molecule has 2 amide bonds. The third-order valence-electron chi connectivity index (χ3n) is 1.63. The van der Waals surface area contributed by atoms with Crippen molar-refractivity contribution >= 4 is 34.8 Å². The number of amides is 2. The lowest BCUT2D eigenvalue weighted by Gasteiger charge is -2.09. The van der Waals surface area contributed by atoms with Gasteiger partial charge < -0.3 is 10.6 Å². The molecular formula is C10H11ClN2O2. The highest BCUT2D eigenvalue weighted by Gasteiger charge is 2.05. The maximum Gasteiger partial charge on any atom is 0.239 e. The third-order valence-corrected chi connectivity index (χ3v) is 1.88. The number of alkyl halides is 1. The highest BCUT2D eigenvalue weighted by atomic mass is 35.5. The smallest absolute Gasteiger partial charge is 0.239 e. The van der Waals surface area contributed by atoms with E-state index in [1.54, 1.807) is 24.3 Å². The van der Waals surface area contributed by atoms with Gasteiger partial charge in [0, 0.05) is 6.92 Å². The minimum atomic E-state index is -0.311. The summed E-state index contributed by atoms with van der Waals surface area (Å²) in [7, 11) is 0. The van der Waals surface area contributed by atoms with Crippen LogP contribution < -0.4 is 10.6 Å². The molecule has 0 saturated heterocycles. The first-order chi connectivity index (χ1) is 7.13. The second-order valence-electron chi connectivity index (χ2n) is 2.91. The van der Waals surface area contributed by atoms with E-state index in [1.165, 1.54) is 6.92 Å². The Hall–Kier alpha value is -1.55. The van der Waals surface area contributed by atoms with E-state index in [4.69, 9.17) is 11.6 Å². The summed E-state index contributed by atoms with van der Waals surface area (Å²) in [5.41, 5.74) is 1.10. The Morgan fingerprint density at radius 1 is 1.20 bits per heavy atom. The van der Waals surface area contributed by atoms with E-state index < -0.39 is 0 Å². The predicted molar refractivity (Wildman–Crippen MR) is 60.1 cm³/mol. The molecule has 5 heteroatoms. The van der Waals surface area contributed by atoms with Crippen molar-refractivity contribution in [2.45, 2.75) is 6.92 Å². The zero-order valence-electron chi connectivity index (χ0n) is 8.21. The molecule has 0 bridgehead atoms. The van der Waals surface area contributed by atoms with Crippen LogP contribution in [0.25, 0.3) is 0 Å². The van der Waals surface area contributed by atoms with E-state index in [0.717, 1.165) is 0 Å². The van der Waals surface area contributed by atoms with Crippen LogP contribution in [0.1, 0.15) is 6.92 Å². The summed E-state index contributed by atoms with van der Waals surface area (Å²) in [6.07, 6.45) is 0. The summed E-state index contributed by atoms with van der Waals surface area (Å²) >= 11 is 5.36. The van der Waals surface area contributed by atoms with Gasteiger partial charge in [0.25, 0.3) is 0 Å². The fourth-order valence-electron chi connectivity index (χ4n) is 1.07. The maximum atomic E-state index is 11.1. The van der Waals surface area contributed by atoms with Gasteiger partial charge in [-0.2, -0.15) is 0 Å². The molecule has 0 aliphatic carbocycles. The number of carbonyl (C=O) groups is 2. The van der Waals surface area contributed by atoms with E-state index in [1.807, 2.05) is 0 Å². The van der Waals surface area contributed by atoms with Crippen molar-refractivity contribution in [3.8, 4) is 0 Å². The number of carbonyl (C=O) groups excluding carboxylic acids is 2. The molecule has 2 N–H and O–H groups in total. The monoisotopic (exact) mass is 226 g/mol. The van der Waals surface area contributed by atoms with Crippen molar-refractivity contribution in [3.05, 3.63) is 24.3 Å². The highest BCUT2D eigenvalue weighted by Crippen LogP contribution is 2.20. The zero-order valence-corrected chi connectivity index (χ0v) is 8.97. The lowest BCUT2D eigenvalue weighted by Crippen LogP contribution is -2.15. The molecule has 0 radical (unpaired) electrons. The molecule has 80 valence electrons. The van der Waals surface area contributed by atoms with Gasteiger partial charge in [-0.1, -0.05) is 12.1 Å². The molecule has 0 saturated carbocycles. The van der Waals surface area contributed by atoms with Crippen LogP contribution >= 0.6 is 11.6 Å². The van der Waals surface area contributed by atoms with Crippen LogP contribution in [0, 0.1) is 0 Å². The van der Waals surface area contributed by atoms with Gasteiger partial charge in [0.1, 0.15) is 5.88 Å². The maximum absolute atomic E-state index is 11.1. The standard InChI is InChI=1S/C10H11ClN2O2/c1-7(14)12-8-4-2-3-5-9(8)13-10(15)6-11/h2-5H,6H2,1H3,(H,12,14)(H,13,15). The van der Waals surface area contributed by atoms with E-state index >= 15 is 0 Å². The molecule has 0 fully saturated rings. The summed E-state index contributed by atoms with van der Waals surface area (Å²) in [5, 5.41) is 5.19. The molecule has 1 aromatic carbocycles. The Labute approximate surface area is 92.6 Å². The lowest BCUT2D eigenvalue weighted by molar-refractivity contribution is -0.115. The van der Waals surface area contributed by atoms with E-state index in [-0.39, 0.29) is 17.7 Å². The summed E-state index contributed by atoms with van der Waals surface area (Å²) < 4.78 is 0. The van der Waals surface area contributed by atoms with Gasteiger partial charge in [-0.05, 0) is 12.1 Å². The number of para-hydroxylation sites is 2. The molecule has 0 aliphatic rings. The number of hydrogen-bond acceptors (Lipinski definition) is 2. The number of nitrogens with one attached hydrogen (secondary N) is 2. The second kappa shape index (κ2) is 5.36. The molecule has 0 unspecified atom stereocenters. The topological polar surface area (TPSA) is 58.2 Å². The summed E-state index contributed by atoms with van der Waals surface area (Å²) in [6, 6.07) is 6.91. The fraction of sp³-hybridized carbons (Fsp3) is 0.200. The molecular weight excluding hydrogens is 216 g/mol. The Kier molecular flexibility index (Phi) is 4.12. The molecule has 1 aromatic rings. The van der Waals surface area contributed by atoms with Crippen molar-refractivity contribution in [1.29, 1.82) is 0 Å². The van der Waals surface area contributed by atoms with Gasteiger partial charge in [-0.15, -0.1) is 11.6 Å². The third kappa shape index (κ3) is 3.59. The van der Waals surface area contributed by atoms with Gasteiger partial charge >= 0.3 is 0 Å². The quantitative estimate of drug-likeness (QED) is 0.773. The molecule has 0 aromatic heterocycles. The first-order valence-electron chi connectivity index (χ1n) is 4.36. The van der Waals surface area contributed by atoms with Crippen molar-refractivity contribution in [2.24, 2.45) is 0 Å². The average molecular weight is 227 g/mol. The molecule has 0 heterocycles. The van der Waals surface area contributed by atoms with Gasteiger partial charge in [0.2, 0.25) is 11.8 Å². The zero-order chi connectivity index (χ0) is 11.3. The summed E-state index contributed by atoms with van der Waals surface area (Å²) in [5.74, 6) is -0.619. The number of halogens is 1. The molecule has 0 spiro atoms. The van der Waals surface area contributed by atoms with Crippen LogP contribution in [0.3, 0.4) is 0 Å². The first kappa shape index (κ1) is 11.5. The van der Waals surface area contributed by atoms with Crippen LogP contribution in [-0.4, -0.2) is 17.7 Å². The Morgan fingerprint density at radius 2 is 1.73 bits per heavy atom. The second-order valence-corrected chi connectivity index (χ2v) is 3.18. The minimum absolute atomic E-state index is 0.117. The summed E-state index contributed by atoms with van der Waals surface area (Å²) in [4.78, 5) is 21.9.